The SMILES string of the molecule is CCC(C)C(NC(=O)C(N)CC(C)C)C(=O)NC(CCSC)C(=O)NC(Cc1cnc[nH]1)C(=O)O. The number of rotatable bonds is 16. The third kappa shape index (κ3) is 10.7. The molecule has 0 fully saturated rings. The molecule has 5 atom stereocenters. The van der Waals surface area contributed by atoms with Crippen molar-refractivity contribution in [2.45, 2.75) is 77.5 Å². The maximum absolute atomic E-state index is 13.2. The molecule has 12 heteroatoms. The molecule has 35 heavy (non-hydrogen) atoms. The second-order valence-electron chi connectivity index (χ2n) is 9.13. The summed E-state index contributed by atoms with van der Waals surface area (Å²) >= 11 is 1.50. The molecule has 0 aromatic carbocycles. The van der Waals surface area contributed by atoms with Gasteiger partial charge in [0, 0.05) is 18.3 Å². The highest BCUT2D eigenvalue weighted by molar-refractivity contribution is 7.98. The minimum atomic E-state index is -1.20. The molecule has 1 heterocycles. The molecule has 198 valence electrons. The summed E-state index contributed by atoms with van der Waals surface area (Å²) in [6.45, 7) is 7.64. The number of carboxylic acids is 1. The van der Waals surface area contributed by atoms with Gasteiger partial charge in [0.2, 0.25) is 17.7 Å². The van der Waals surface area contributed by atoms with Crippen molar-refractivity contribution in [2.75, 3.05) is 12.0 Å². The molecule has 0 radical (unpaired) electrons. The normalized spacial score (nSPS) is 15.5. The number of carbonyl (C=O) groups excluding carboxylic acids is 3. The van der Waals surface area contributed by atoms with Crippen LogP contribution >= 0.6 is 11.8 Å². The summed E-state index contributed by atoms with van der Waals surface area (Å²) in [5, 5.41) is 17.5. The lowest BCUT2D eigenvalue weighted by Crippen LogP contribution is -2.59. The molecule has 3 amide bonds. The van der Waals surface area contributed by atoms with Crippen molar-refractivity contribution in [3.63, 3.8) is 0 Å². The topological polar surface area (TPSA) is 179 Å². The Kier molecular flexibility index (Phi) is 13.4. The molecule has 1 aromatic rings. The highest BCUT2D eigenvalue weighted by Gasteiger charge is 2.32. The van der Waals surface area contributed by atoms with Crippen LogP contribution in [-0.4, -0.2) is 74.9 Å². The lowest BCUT2D eigenvalue weighted by Gasteiger charge is -2.28. The number of imidazole rings is 1. The van der Waals surface area contributed by atoms with E-state index in [0.29, 0.717) is 30.7 Å². The van der Waals surface area contributed by atoms with Crippen LogP contribution in [0.3, 0.4) is 0 Å². The molecule has 0 bridgehead atoms. The van der Waals surface area contributed by atoms with Gasteiger partial charge in [-0.05, 0) is 36.7 Å². The third-order valence-electron chi connectivity index (χ3n) is 5.69. The fourth-order valence-corrected chi connectivity index (χ4v) is 3.90. The number of hydrogen-bond donors (Lipinski definition) is 6. The van der Waals surface area contributed by atoms with Gasteiger partial charge in [0.15, 0.2) is 0 Å². The first-order valence-electron chi connectivity index (χ1n) is 11.9. The van der Waals surface area contributed by atoms with E-state index in [9.17, 15) is 24.3 Å². The van der Waals surface area contributed by atoms with Gasteiger partial charge in [-0.1, -0.05) is 34.1 Å². The van der Waals surface area contributed by atoms with Crippen LogP contribution in [0.25, 0.3) is 0 Å². The minimum Gasteiger partial charge on any atom is -0.480 e. The Morgan fingerprint density at radius 3 is 2.26 bits per heavy atom. The van der Waals surface area contributed by atoms with Gasteiger partial charge in [0.05, 0.1) is 12.4 Å². The van der Waals surface area contributed by atoms with Crippen molar-refractivity contribution in [2.24, 2.45) is 17.6 Å². The van der Waals surface area contributed by atoms with Crippen molar-refractivity contribution in [3.8, 4) is 0 Å². The molecular weight excluding hydrogens is 472 g/mol. The van der Waals surface area contributed by atoms with E-state index in [0.717, 1.165) is 0 Å². The zero-order valence-corrected chi connectivity index (χ0v) is 22.0. The number of thioether (sulfide) groups is 1. The van der Waals surface area contributed by atoms with Gasteiger partial charge in [-0.3, -0.25) is 14.4 Å². The highest BCUT2D eigenvalue weighted by Crippen LogP contribution is 2.11. The summed E-state index contributed by atoms with van der Waals surface area (Å²) in [6, 6.07) is -3.79. The van der Waals surface area contributed by atoms with Gasteiger partial charge in [-0.25, -0.2) is 9.78 Å². The van der Waals surface area contributed by atoms with Gasteiger partial charge in [0.1, 0.15) is 18.1 Å². The Hall–Kier alpha value is -2.60. The fraction of sp³-hybridized carbons (Fsp3) is 0.696. The fourth-order valence-electron chi connectivity index (χ4n) is 3.43. The standard InChI is InChI=1S/C23H40N6O5S/c1-6-14(4)19(29-20(30)16(24)9-13(2)3)22(32)27-17(7-8-35-5)21(31)28-18(23(33)34)10-15-11-25-12-26-15/h11-14,16-19H,6-10,24H2,1-5H3,(H,25,26)(H,27,32)(H,28,31)(H,29,30)(H,33,34). The monoisotopic (exact) mass is 512 g/mol. The van der Waals surface area contributed by atoms with Crippen molar-refractivity contribution in [1.29, 1.82) is 0 Å². The van der Waals surface area contributed by atoms with Crippen LogP contribution < -0.4 is 21.7 Å². The van der Waals surface area contributed by atoms with Crippen LogP contribution in [-0.2, 0) is 25.6 Å². The molecule has 7 N–H and O–H groups in total. The number of carbonyl (C=O) groups is 4. The van der Waals surface area contributed by atoms with Gasteiger partial charge >= 0.3 is 5.97 Å². The molecule has 0 aliphatic heterocycles. The first-order chi connectivity index (χ1) is 16.5. The second kappa shape index (κ2) is 15.4. The quantitative estimate of drug-likeness (QED) is 0.187. The number of nitrogens with zero attached hydrogens (tertiary/aromatic N) is 1. The molecule has 1 rings (SSSR count). The number of hydrogen-bond acceptors (Lipinski definition) is 7. The molecule has 0 saturated carbocycles. The number of nitrogens with two attached hydrogens (primary N) is 1. The summed E-state index contributed by atoms with van der Waals surface area (Å²) in [6.07, 6.45) is 6.18. The zero-order chi connectivity index (χ0) is 26.5. The minimum absolute atomic E-state index is 0.0174. The largest absolute Gasteiger partial charge is 0.480 e. The summed E-state index contributed by atoms with van der Waals surface area (Å²) in [4.78, 5) is 57.2. The van der Waals surface area contributed by atoms with E-state index in [1.807, 2.05) is 34.0 Å². The second-order valence-corrected chi connectivity index (χ2v) is 10.1. The summed E-state index contributed by atoms with van der Waals surface area (Å²) in [7, 11) is 0. The number of aromatic amines is 1. The van der Waals surface area contributed by atoms with Gasteiger partial charge < -0.3 is 31.8 Å². The zero-order valence-electron chi connectivity index (χ0n) is 21.2. The van der Waals surface area contributed by atoms with Crippen LogP contribution in [0.15, 0.2) is 12.5 Å². The molecule has 0 aliphatic carbocycles. The predicted octanol–water partition coefficient (Wildman–Crippen LogP) is 0.664. The van der Waals surface area contributed by atoms with E-state index < -0.39 is 47.9 Å². The third-order valence-corrected chi connectivity index (χ3v) is 6.34. The maximum Gasteiger partial charge on any atom is 0.326 e. The van der Waals surface area contributed by atoms with Crippen molar-refractivity contribution >= 4 is 35.5 Å². The van der Waals surface area contributed by atoms with Gasteiger partial charge in [-0.2, -0.15) is 11.8 Å². The van der Waals surface area contributed by atoms with Gasteiger partial charge in [0.25, 0.3) is 0 Å². The maximum atomic E-state index is 13.2. The van der Waals surface area contributed by atoms with E-state index in [1.165, 1.54) is 24.3 Å². The van der Waals surface area contributed by atoms with Gasteiger partial charge in [-0.15, -0.1) is 0 Å². The van der Waals surface area contributed by atoms with Crippen LogP contribution in [0.1, 0.15) is 52.7 Å². The van der Waals surface area contributed by atoms with Crippen molar-refractivity contribution in [1.82, 2.24) is 25.9 Å². The number of aromatic nitrogens is 2. The summed E-state index contributed by atoms with van der Waals surface area (Å²) < 4.78 is 0. The first-order valence-corrected chi connectivity index (χ1v) is 13.2. The van der Waals surface area contributed by atoms with Crippen LogP contribution in [0.4, 0.5) is 0 Å². The molecule has 0 aliphatic rings. The number of H-pyrrole nitrogens is 1. The van der Waals surface area contributed by atoms with E-state index >= 15 is 0 Å². The lowest BCUT2D eigenvalue weighted by molar-refractivity contribution is -0.142. The lowest BCUT2D eigenvalue weighted by atomic mass is 9.96. The molecule has 0 spiro atoms. The van der Waals surface area contributed by atoms with Crippen LogP contribution in [0.5, 0.6) is 0 Å². The summed E-state index contributed by atoms with van der Waals surface area (Å²) in [5.41, 5.74) is 6.54. The first kappa shape index (κ1) is 30.4. The van der Waals surface area contributed by atoms with Crippen molar-refractivity contribution < 1.29 is 24.3 Å². The van der Waals surface area contributed by atoms with Crippen LogP contribution in [0.2, 0.25) is 0 Å². The highest BCUT2D eigenvalue weighted by atomic mass is 32.2. The predicted molar refractivity (Wildman–Crippen MR) is 136 cm³/mol. The Morgan fingerprint density at radius 1 is 1.09 bits per heavy atom. The number of carboxylic acid groups (broad SMARTS) is 1. The van der Waals surface area contributed by atoms with Crippen LogP contribution in [0, 0.1) is 11.8 Å². The Bertz CT molecular complexity index is 819. The number of aliphatic carboxylic acids is 1. The number of nitrogens with one attached hydrogen (secondary N) is 4. The molecule has 11 nitrogen and oxygen atoms in total. The van der Waals surface area contributed by atoms with E-state index in [4.69, 9.17) is 5.73 Å². The molecular formula is C23H40N6O5S. The number of amides is 3. The average Bonchev–Trinajstić information content (AvgIpc) is 3.31. The average molecular weight is 513 g/mol. The molecule has 5 unspecified atom stereocenters. The summed E-state index contributed by atoms with van der Waals surface area (Å²) in [5.74, 6) is -2.16. The van der Waals surface area contributed by atoms with E-state index in [-0.39, 0.29) is 18.3 Å². The Morgan fingerprint density at radius 2 is 1.74 bits per heavy atom. The van der Waals surface area contributed by atoms with Crippen molar-refractivity contribution in [3.05, 3.63) is 18.2 Å². The smallest absolute Gasteiger partial charge is 0.326 e. The molecule has 1 aromatic heterocycles. The van der Waals surface area contributed by atoms with E-state index in [1.54, 1.807) is 0 Å². The van der Waals surface area contributed by atoms with E-state index in [2.05, 4.69) is 25.9 Å². The molecule has 0 saturated heterocycles. The Balaban J connectivity index is 2.97. The Labute approximate surface area is 211 Å².